The second kappa shape index (κ2) is 11.5. The van der Waals surface area contributed by atoms with Gasteiger partial charge in [-0.05, 0) is 24.5 Å². The molecule has 34 heavy (non-hydrogen) atoms. The molecule has 0 aliphatic carbocycles. The molecule has 3 rings (SSSR count). The molecule has 180 valence electrons. The summed E-state index contributed by atoms with van der Waals surface area (Å²) in [6.45, 7) is 6.19. The van der Waals surface area contributed by atoms with Gasteiger partial charge in [-0.2, -0.15) is 5.26 Å². The summed E-state index contributed by atoms with van der Waals surface area (Å²) in [7, 11) is 0. The quantitative estimate of drug-likeness (QED) is 0.577. The van der Waals surface area contributed by atoms with Crippen LogP contribution in [0.25, 0.3) is 11.3 Å². The molecular weight excluding hydrogens is 456 g/mol. The standard InChI is InChI=1S/C23H28N6O4S/c1-16(2)7-10-29(21(31)25-9-8-24)20(30)18-5-3-17(4-6-18)19-15-34-22(26-19)27-11-13-28(14-12-27)23(32)33/h3-6,15-16H,7,9-14H2,1-2H3,(H,25,31)(H,32,33). The maximum Gasteiger partial charge on any atom is 0.407 e. The Labute approximate surface area is 202 Å². The average Bonchev–Trinajstić information content (AvgIpc) is 3.33. The van der Waals surface area contributed by atoms with Crippen LogP contribution in [0.3, 0.4) is 0 Å². The lowest BCUT2D eigenvalue weighted by Gasteiger charge is -2.32. The van der Waals surface area contributed by atoms with E-state index in [0.29, 0.717) is 44.1 Å². The molecule has 0 unspecified atom stereocenters. The molecule has 2 heterocycles. The van der Waals surface area contributed by atoms with Gasteiger partial charge in [0.15, 0.2) is 5.13 Å². The van der Waals surface area contributed by atoms with Crippen molar-refractivity contribution in [3.05, 3.63) is 35.2 Å². The van der Waals surface area contributed by atoms with Crippen LogP contribution in [0.5, 0.6) is 0 Å². The summed E-state index contributed by atoms with van der Waals surface area (Å²) in [4.78, 5) is 45.8. The minimum absolute atomic E-state index is 0.166. The number of nitriles is 1. The molecule has 1 saturated heterocycles. The SMILES string of the molecule is CC(C)CCN(C(=O)NCC#N)C(=O)c1ccc(-c2csc(N3CCN(C(=O)O)CC3)n2)cc1. The number of anilines is 1. The summed E-state index contributed by atoms with van der Waals surface area (Å²) >= 11 is 1.49. The Morgan fingerprint density at radius 1 is 1.21 bits per heavy atom. The van der Waals surface area contributed by atoms with E-state index in [1.807, 2.05) is 25.3 Å². The number of carboxylic acid groups (broad SMARTS) is 1. The van der Waals surface area contributed by atoms with Crippen molar-refractivity contribution >= 4 is 34.5 Å². The maximum absolute atomic E-state index is 13.0. The van der Waals surface area contributed by atoms with Crippen molar-refractivity contribution in [1.29, 1.82) is 5.26 Å². The van der Waals surface area contributed by atoms with E-state index in [1.54, 1.807) is 24.3 Å². The normalized spacial score (nSPS) is 13.5. The Balaban J connectivity index is 1.69. The molecule has 0 saturated carbocycles. The molecule has 0 radical (unpaired) electrons. The van der Waals surface area contributed by atoms with Gasteiger partial charge in [-0.25, -0.2) is 14.6 Å². The molecule has 2 N–H and O–H groups in total. The molecule has 10 nitrogen and oxygen atoms in total. The van der Waals surface area contributed by atoms with Crippen LogP contribution in [0.1, 0.15) is 30.6 Å². The van der Waals surface area contributed by atoms with Crippen LogP contribution in [-0.2, 0) is 0 Å². The number of nitrogens with zero attached hydrogens (tertiary/aromatic N) is 5. The van der Waals surface area contributed by atoms with Gasteiger partial charge in [0.1, 0.15) is 6.54 Å². The van der Waals surface area contributed by atoms with E-state index in [0.717, 1.165) is 21.3 Å². The van der Waals surface area contributed by atoms with Crippen LogP contribution < -0.4 is 10.2 Å². The Morgan fingerprint density at radius 2 is 1.88 bits per heavy atom. The third-order valence-corrected chi connectivity index (χ3v) is 6.38. The van der Waals surface area contributed by atoms with Crippen LogP contribution >= 0.6 is 11.3 Å². The fraction of sp³-hybridized carbons (Fsp3) is 0.435. The number of imide groups is 1. The molecule has 4 amide bonds. The second-order valence-corrected chi connectivity index (χ2v) is 9.14. The summed E-state index contributed by atoms with van der Waals surface area (Å²) in [5.41, 5.74) is 1.98. The topological polar surface area (TPSA) is 130 Å². The second-order valence-electron chi connectivity index (χ2n) is 8.31. The fourth-order valence-electron chi connectivity index (χ4n) is 3.46. The number of hydrogen-bond acceptors (Lipinski definition) is 7. The predicted molar refractivity (Wildman–Crippen MR) is 129 cm³/mol. The number of piperazine rings is 1. The number of nitrogens with one attached hydrogen (secondary N) is 1. The molecule has 1 aliphatic rings. The first-order valence-corrected chi connectivity index (χ1v) is 11.9. The smallest absolute Gasteiger partial charge is 0.407 e. The highest BCUT2D eigenvalue weighted by molar-refractivity contribution is 7.14. The van der Waals surface area contributed by atoms with Crippen LogP contribution in [0.15, 0.2) is 29.6 Å². The van der Waals surface area contributed by atoms with Crippen LogP contribution in [0, 0.1) is 17.2 Å². The van der Waals surface area contributed by atoms with Gasteiger partial charge in [0, 0.05) is 49.2 Å². The zero-order valence-electron chi connectivity index (χ0n) is 19.2. The van der Waals surface area contributed by atoms with E-state index in [2.05, 4.69) is 15.2 Å². The highest BCUT2D eigenvalue weighted by atomic mass is 32.1. The van der Waals surface area contributed by atoms with Gasteiger partial charge >= 0.3 is 12.1 Å². The first-order valence-electron chi connectivity index (χ1n) is 11.1. The van der Waals surface area contributed by atoms with Gasteiger partial charge in [0.2, 0.25) is 0 Å². The Morgan fingerprint density at radius 3 is 2.47 bits per heavy atom. The van der Waals surface area contributed by atoms with E-state index in [1.165, 1.54) is 16.2 Å². The molecule has 0 bridgehead atoms. The molecule has 1 aliphatic heterocycles. The minimum atomic E-state index is -0.903. The van der Waals surface area contributed by atoms with E-state index in [-0.39, 0.29) is 13.1 Å². The largest absolute Gasteiger partial charge is 0.465 e. The molecule has 1 fully saturated rings. The van der Waals surface area contributed by atoms with E-state index >= 15 is 0 Å². The first-order chi connectivity index (χ1) is 16.3. The summed E-state index contributed by atoms with van der Waals surface area (Å²) in [6.07, 6.45) is -0.244. The molecular formula is C23H28N6O4S. The number of amides is 4. The number of carbonyl (C=O) groups is 3. The summed E-state index contributed by atoms with van der Waals surface area (Å²) < 4.78 is 0. The van der Waals surface area contributed by atoms with Crippen LogP contribution in [0.4, 0.5) is 14.7 Å². The molecule has 0 atom stereocenters. The van der Waals surface area contributed by atoms with Gasteiger partial charge in [-0.3, -0.25) is 9.69 Å². The van der Waals surface area contributed by atoms with Crippen molar-refractivity contribution < 1.29 is 19.5 Å². The number of benzene rings is 1. The van der Waals surface area contributed by atoms with Crippen molar-refractivity contribution in [3.8, 4) is 17.3 Å². The maximum atomic E-state index is 13.0. The summed E-state index contributed by atoms with van der Waals surface area (Å²) in [6, 6.07) is 8.19. The molecule has 1 aromatic carbocycles. The Hall–Kier alpha value is -3.65. The van der Waals surface area contributed by atoms with E-state index in [4.69, 9.17) is 10.4 Å². The van der Waals surface area contributed by atoms with Crippen molar-refractivity contribution in [2.45, 2.75) is 20.3 Å². The summed E-state index contributed by atoms with van der Waals surface area (Å²) in [5, 5.41) is 23.0. The molecule has 0 spiro atoms. The van der Waals surface area contributed by atoms with Crippen molar-refractivity contribution in [1.82, 2.24) is 20.1 Å². The number of thiazole rings is 1. The number of carbonyl (C=O) groups excluding carboxylic acids is 2. The lowest BCUT2D eigenvalue weighted by molar-refractivity contribution is 0.0795. The molecule has 1 aromatic heterocycles. The van der Waals surface area contributed by atoms with E-state index in [9.17, 15) is 14.4 Å². The lowest BCUT2D eigenvalue weighted by Crippen LogP contribution is -2.48. The van der Waals surface area contributed by atoms with Gasteiger partial charge in [0.25, 0.3) is 5.91 Å². The van der Waals surface area contributed by atoms with Crippen LogP contribution in [-0.4, -0.2) is 77.2 Å². The Bertz CT molecular complexity index is 1050. The third-order valence-electron chi connectivity index (χ3n) is 5.48. The van der Waals surface area contributed by atoms with E-state index < -0.39 is 18.0 Å². The summed E-state index contributed by atoms with van der Waals surface area (Å²) in [5.74, 6) is -0.106. The minimum Gasteiger partial charge on any atom is -0.465 e. The van der Waals surface area contributed by atoms with Gasteiger partial charge < -0.3 is 20.2 Å². The van der Waals surface area contributed by atoms with Crippen LogP contribution in [0.2, 0.25) is 0 Å². The Kier molecular flexibility index (Phi) is 8.43. The van der Waals surface area contributed by atoms with Crippen molar-refractivity contribution in [2.75, 3.05) is 44.2 Å². The number of urea groups is 1. The predicted octanol–water partition coefficient (Wildman–Crippen LogP) is 3.33. The number of rotatable bonds is 7. The molecule has 11 heteroatoms. The monoisotopic (exact) mass is 484 g/mol. The zero-order valence-corrected chi connectivity index (χ0v) is 20.0. The highest BCUT2D eigenvalue weighted by Crippen LogP contribution is 2.28. The van der Waals surface area contributed by atoms with Crippen molar-refractivity contribution in [3.63, 3.8) is 0 Å². The van der Waals surface area contributed by atoms with Gasteiger partial charge in [-0.1, -0.05) is 26.0 Å². The highest BCUT2D eigenvalue weighted by Gasteiger charge is 2.24. The van der Waals surface area contributed by atoms with Gasteiger partial charge in [-0.15, -0.1) is 11.3 Å². The van der Waals surface area contributed by atoms with Gasteiger partial charge in [0.05, 0.1) is 11.8 Å². The van der Waals surface area contributed by atoms with Crippen molar-refractivity contribution in [2.24, 2.45) is 5.92 Å². The average molecular weight is 485 g/mol. The lowest BCUT2D eigenvalue weighted by atomic mass is 10.1. The fourth-order valence-corrected chi connectivity index (χ4v) is 4.35. The molecule has 2 aromatic rings. The first kappa shape index (κ1) is 25.0. The zero-order chi connectivity index (χ0) is 24.7. The number of aromatic nitrogens is 1. The number of hydrogen-bond donors (Lipinski definition) is 2. The third kappa shape index (κ3) is 6.23.